The number of benzene rings is 1. The first kappa shape index (κ1) is 20.3. The van der Waals surface area contributed by atoms with E-state index in [-0.39, 0.29) is 36.3 Å². The number of carbonyl (C=O) groups is 1. The Labute approximate surface area is 170 Å². The quantitative estimate of drug-likeness (QED) is 0.791. The van der Waals surface area contributed by atoms with Crippen molar-refractivity contribution >= 4 is 29.5 Å². The maximum atomic E-state index is 12.7. The highest BCUT2D eigenvalue weighted by atomic mass is 35.5. The number of aliphatic hydroxyl groups is 1. The third-order valence-electron chi connectivity index (χ3n) is 5.50. The highest BCUT2D eigenvalue weighted by Crippen LogP contribution is 2.32. The van der Waals surface area contributed by atoms with Gasteiger partial charge in [0.1, 0.15) is 18.0 Å². The summed E-state index contributed by atoms with van der Waals surface area (Å²) in [7, 11) is 0. The number of carbonyl (C=O) groups excluding carboxylic acids is 1. The highest BCUT2D eigenvalue weighted by molar-refractivity contribution is 7.12. The van der Waals surface area contributed by atoms with Crippen LogP contribution in [0.5, 0.6) is 5.75 Å². The first-order valence-electron chi connectivity index (χ1n) is 9.38. The van der Waals surface area contributed by atoms with Crippen LogP contribution in [-0.2, 0) is 6.42 Å². The largest absolute Gasteiger partial charge is 0.488 e. The number of nitrogens with one attached hydrogen (secondary N) is 1. The number of Topliss-reactive ketones (excluding diaryl/α,β-unsaturated/α-hetero) is 1. The second-order valence-corrected chi connectivity index (χ2v) is 8.69. The van der Waals surface area contributed by atoms with Gasteiger partial charge in [-0.15, -0.1) is 23.7 Å². The second kappa shape index (κ2) is 8.74. The summed E-state index contributed by atoms with van der Waals surface area (Å²) in [6.07, 6.45) is 2.82. The van der Waals surface area contributed by atoms with Gasteiger partial charge in [-0.05, 0) is 50.8 Å². The predicted molar refractivity (Wildman–Crippen MR) is 110 cm³/mol. The molecule has 27 heavy (non-hydrogen) atoms. The number of thiophene rings is 1. The molecule has 4 atom stereocenters. The summed E-state index contributed by atoms with van der Waals surface area (Å²) >= 11 is 1.74. The highest BCUT2D eigenvalue weighted by Gasteiger charge is 2.37. The SMILES string of the molecule is Cc1cc2c(s1)CCC(CNC1CCC(Oc3ccccc3)C1O)C2=O.Cl. The zero-order valence-electron chi connectivity index (χ0n) is 15.4. The predicted octanol–water partition coefficient (Wildman–Crippen LogP) is 3.78. The molecule has 6 heteroatoms. The number of hydrogen-bond donors (Lipinski definition) is 2. The standard InChI is InChI=1S/C21H25NO3S.ClH/c1-13-11-16-19(26-13)10-7-14(20(16)23)12-22-17-8-9-18(21(17)24)25-15-5-3-2-4-6-15;/h2-6,11,14,17-18,21-22,24H,7-10,12H2,1H3;1H. The molecule has 2 aromatic rings. The summed E-state index contributed by atoms with van der Waals surface area (Å²) in [5, 5.41) is 14.0. The van der Waals surface area contributed by atoms with Crippen molar-refractivity contribution in [1.29, 1.82) is 0 Å². The molecule has 2 aliphatic carbocycles. The smallest absolute Gasteiger partial charge is 0.168 e. The number of hydrogen-bond acceptors (Lipinski definition) is 5. The monoisotopic (exact) mass is 407 g/mol. The Bertz CT molecular complexity index is 779. The van der Waals surface area contributed by atoms with E-state index in [4.69, 9.17) is 4.74 Å². The molecule has 0 saturated heterocycles. The molecule has 0 aliphatic heterocycles. The number of aliphatic hydroxyl groups excluding tert-OH is 1. The van der Waals surface area contributed by atoms with Gasteiger partial charge in [0.05, 0.1) is 0 Å². The number of rotatable bonds is 5. The lowest BCUT2D eigenvalue weighted by molar-refractivity contribution is 0.0442. The van der Waals surface area contributed by atoms with Crippen molar-refractivity contribution < 1.29 is 14.6 Å². The number of ether oxygens (including phenoxy) is 1. The fourth-order valence-corrected chi connectivity index (χ4v) is 5.13. The van der Waals surface area contributed by atoms with Gasteiger partial charge >= 0.3 is 0 Å². The van der Waals surface area contributed by atoms with Crippen molar-refractivity contribution in [1.82, 2.24) is 5.32 Å². The van der Waals surface area contributed by atoms with Crippen molar-refractivity contribution in [2.45, 2.75) is 50.9 Å². The fraction of sp³-hybridized carbons (Fsp3) is 0.476. The minimum absolute atomic E-state index is 0. The molecule has 4 unspecified atom stereocenters. The molecule has 1 heterocycles. The van der Waals surface area contributed by atoms with Crippen molar-refractivity contribution in [3.8, 4) is 5.75 Å². The van der Waals surface area contributed by atoms with Gasteiger partial charge in [-0.2, -0.15) is 0 Å². The Morgan fingerprint density at radius 3 is 2.78 bits per heavy atom. The molecule has 2 aliphatic rings. The van der Waals surface area contributed by atoms with Gasteiger partial charge in [-0.3, -0.25) is 4.79 Å². The van der Waals surface area contributed by atoms with Gasteiger partial charge in [0, 0.05) is 33.8 Å². The topological polar surface area (TPSA) is 58.6 Å². The summed E-state index contributed by atoms with van der Waals surface area (Å²) in [4.78, 5) is 15.2. The van der Waals surface area contributed by atoms with E-state index in [0.717, 1.165) is 37.0 Å². The summed E-state index contributed by atoms with van der Waals surface area (Å²) in [6.45, 7) is 2.69. The van der Waals surface area contributed by atoms with E-state index in [0.29, 0.717) is 6.54 Å². The number of halogens is 1. The van der Waals surface area contributed by atoms with Gasteiger partial charge in [0.15, 0.2) is 5.78 Å². The van der Waals surface area contributed by atoms with Crippen LogP contribution in [0.1, 0.15) is 39.4 Å². The Morgan fingerprint density at radius 2 is 2.00 bits per heavy atom. The summed E-state index contributed by atoms with van der Waals surface area (Å²) in [5.74, 6) is 1.06. The Balaban J connectivity index is 0.00000210. The fourth-order valence-electron chi connectivity index (χ4n) is 4.07. The average molecular weight is 408 g/mol. The van der Waals surface area contributed by atoms with Crippen molar-refractivity contribution in [2.75, 3.05) is 6.54 Å². The van der Waals surface area contributed by atoms with Crippen LogP contribution < -0.4 is 10.1 Å². The van der Waals surface area contributed by atoms with Crippen LogP contribution >= 0.6 is 23.7 Å². The number of fused-ring (bicyclic) bond motifs is 1. The van der Waals surface area contributed by atoms with Crippen LogP contribution in [0.3, 0.4) is 0 Å². The minimum atomic E-state index is -0.548. The van der Waals surface area contributed by atoms with E-state index < -0.39 is 6.10 Å². The molecule has 1 aromatic carbocycles. The summed E-state index contributed by atoms with van der Waals surface area (Å²) in [6, 6.07) is 11.7. The van der Waals surface area contributed by atoms with Gasteiger partial charge in [0.2, 0.25) is 0 Å². The van der Waals surface area contributed by atoms with E-state index in [9.17, 15) is 9.90 Å². The molecule has 0 amide bonds. The van der Waals surface area contributed by atoms with Crippen molar-refractivity contribution in [2.24, 2.45) is 5.92 Å². The Kier molecular flexibility index (Phi) is 6.58. The van der Waals surface area contributed by atoms with Gasteiger partial charge in [-0.25, -0.2) is 0 Å². The van der Waals surface area contributed by atoms with Crippen LogP contribution in [0.25, 0.3) is 0 Å². The van der Waals surface area contributed by atoms with Crippen LogP contribution in [0.2, 0.25) is 0 Å². The molecule has 4 nitrogen and oxygen atoms in total. The van der Waals surface area contributed by atoms with E-state index in [1.165, 1.54) is 9.75 Å². The molecule has 1 fully saturated rings. The third-order valence-corrected chi connectivity index (χ3v) is 6.61. The molecule has 0 radical (unpaired) electrons. The molecule has 1 saturated carbocycles. The van der Waals surface area contributed by atoms with E-state index in [1.807, 2.05) is 36.4 Å². The zero-order chi connectivity index (χ0) is 18.1. The average Bonchev–Trinajstić information content (AvgIpc) is 3.19. The van der Waals surface area contributed by atoms with Crippen molar-refractivity contribution in [3.05, 3.63) is 51.7 Å². The summed E-state index contributed by atoms with van der Waals surface area (Å²) in [5.41, 5.74) is 0.919. The van der Waals surface area contributed by atoms with Crippen molar-refractivity contribution in [3.63, 3.8) is 0 Å². The van der Waals surface area contributed by atoms with E-state index in [1.54, 1.807) is 11.3 Å². The Hall–Kier alpha value is -1.40. The first-order valence-corrected chi connectivity index (χ1v) is 10.2. The maximum absolute atomic E-state index is 12.7. The number of aryl methyl sites for hydroxylation is 2. The minimum Gasteiger partial charge on any atom is -0.488 e. The third kappa shape index (κ3) is 4.37. The summed E-state index contributed by atoms with van der Waals surface area (Å²) < 4.78 is 5.92. The maximum Gasteiger partial charge on any atom is 0.168 e. The second-order valence-electron chi connectivity index (χ2n) is 7.35. The van der Waals surface area contributed by atoms with Gasteiger partial charge in [-0.1, -0.05) is 18.2 Å². The zero-order valence-corrected chi connectivity index (χ0v) is 17.0. The number of para-hydroxylation sites is 1. The molecule has 1 aromatic heterocycles. The molecular weight excluding hydrogens is 382 g/mol. The lowest BCUT2D eigenvalue weighted by Crippen LogP contribution is -2.44. The van der Waals surface area contributed by atoms with Gasteiger partial charge in [0.25, 0.3) is 0 Å². The first-order chi connectivity index (χ1) is 12.6. The Morgan fingerprint density at radius 1 is 1.22 bits per heavy atom. The normalized spacial score (nSPS) is 27.1. The van der Waals surface area contributed by atoms with Crippen LogP contribution in [0.4, 0.5) is 0 Å². The van der Waals surface area contributed by atoms with Crippen LogP contribution in [-0.4, -0.2) is 35.7 Å². The molecule has 2 N–H and O–H groups in total. The lowest BCUT2D eigenvalue weighted by Gasteiger charge is -2.25. The van der Waals surface area contributed by atoms with E-state index >= 15 is 0 Å². The molecule has 0 spiro atoms. The lowest BCUT2D eigenvalue weighted by atomic mass is 9.87. The molecule has 4 rings (SSSR count). The van der Waals surface area contributed by atoms with Gasteiger partial charge < -0.3 is 15.2 Å². The van der Waals surface area contributed by atoms with Crippen LogP contribution in [0, 0.1) is 12.8 Å². The molecule has 0 bridgehead atoms. The number of ketones is 1. The molecule has 146 valence electrons. The van der Waals surface area contributed by atoms with Crippen LogP contribution in [0.15, 0.2) is 36.4 Å². The molecular formula is C21H26ClNO3S. The van der Waals surface area contributed by atoms with E-state index in [2.05, 4.69) is 12.2 Å².